The van der Waals surface area contributed by atoms with Crippen molar-refractivity contribution in [2.24, 2.45) is 0 Å². The summed E-state index contributed by atoms with van der Waals surface area (Å²) < 4.78 is 0. The Morgan fingerprint density at radius 2 is 0.934 bits per heavy atom. The van der Waals surface area contributed by atoms with Gasteiger partial charge in [-0.1, -0.05) is 208 Å². The van der Waals surface area contributed by atoms with Gasteiger partial charge in [-0.2, -0.15) is 0 Å². The smallest absolute Gasteiger partial charge is 0.160 e. The number of benzene rings is 10. The number of hydrogen-bond donors (Lipinski definition) is 0. The number of aromatic nitrogens is 2. The summed E-state index contributed by atoms with van der Waals surface area (Å²) in [5.74, 6) is 0.721. The molecule has 10 aromatic carbocycles. The number of hydrogen-bond acceptors (Lipinski definition) is 2. The molecule has 11 aromatic rings. The van der Waals surface area contributed by atoms with E-state index < -0.39 is 0 Å². The van der Waals surface area contributed by atoms with Crippen molar-refractivity contribution in [3.8, 4) is 67.3 Å². The second-order valence-electron chi connectivity index (χ2n) is 16.9. The van der Waals surface area contributed by atoms with Gasteiger partial charge in [0.15, 0.2) is 5.82 Å². The lowest BCUT2D eigenvalue weighted by atomic mass is 9.79. The molecule has 12 rings (SSSR count). The van der Waals surface area contributed by atoms with Gasteiger partial charge in [-0.15, -0.1) is 0 Å². The van der Waals surface area contributed by atoms with Crippen molar-refractivity contribution in [3.63, 3.8) is 0 Å². The zero-order valence-electron chi connectivity index (χ0n) is 34.0. The first-order chi connectivity index (χ1) is 30.0. The lowest BCUT2D eigenvalue weighted by molar-refractivity contribution is 0.662. The van der Waals surface area contributed by atoms with Crippen molar-refractivity contribution in [1.29, 1.82) is 0 Å². The number of rotatable bonds is 5. The van der Waals surface area contributed by atoms with Crippen molar-refractivity contribution in [2.75, 3.05) is 0 Å². The SMILES string of the molecule is CC1(C)c2ccccc2-c2cccc(-c3cc(-c4ccc(-c5ccc(-c6c7ccccc7cc7c6ccc6ccccc67)c6ccccc56)cc4)nc(-c4ccccc4)n3)c21. The minimum Gasteiger partial charge on any atom is -0.228 e. The van der Waals surface area contributed by atoms with E-state index in [1.807, 2.05) is 6.07 Å². The van der Waals surface area contributed by atoms with Crippen LogP contribution in [0.1, 0.15) is 25.0 Å². The molecule has 2 heteroatoms. The Balaban J connectivity index is 0.990. The Kier molecular flexibility index (Phi) is 7.92. The minimum absolute atomic E-state index is 0.171. The molecular formula is C59H40N2. The molecule has 0 atom stereocenters. The summed E-state index contributed by atoms with van der Waals surface area (Å²) in [4.78, 5) is 10.5. The predicted octanol–water partition coefficient (Wildman–Crippen LogP) is 15.7. The highest BCUT2D eigenvalue weighted by molar-refractivity contribution is 6.23. The molecule has 286 valence electrons. The van der Waals surface area contributed by atoms with E-state index in [9.17, 15) is 0 Å². The minimum atomic E-state index is -0.171. The van der Waals surface area contributed by atoms with E-state index in [0.717, 1.165) is 33.9 Å². The van der Waals surface area contributed by atoms with Gasteiger partial charge in [-0.25, -0.2) is 9.97 Å². The van der Waals surface area contributed by atoms with Crippen molar-refractivity contribution in [3.05, 3.63) is 217 Å². The fourth-order valence-electron chi connectivity index (χ4n) is 10.2. The summed E-state index contributed by atoms with van der Waals surface area (Å²) in [5, 5.41) is 10.1. The fourth-order valence-corrected chi connectivity index (χ4v) is 10.2. The largest absolute Gasteiger partial charge is 0.228 e. The number of nitrogens with zero attached hydrogens (tertiary/aromatic N) is 2. The predicted molar refractivity (Wildman–Crippen MR) is 257 cm³/mol. The molecule has 2 nitrogen and oxygen atoms in total. The van der Waals surface area contributed by atoms with E-state index in [-0.39, 0.29) is 5.41 Å². The van der Waals surface area contributed by atoms with Crippen LogP contribution in [-0.2, 0) is 5.41 Å². The van der Waals surface area contributed by atoms with Crippen LogP contribution in [0.3, 0.4) is 0 Å². The summed E-state index contributed by atoms with van der Waals surface area (Å²) in [6, 6.07) is 75.0. The van der Waals surface area contributed by atoms with E-state index >= 15 is 0 Å². The third-order valence-corrected chi connectivity index (χ3v) is 13.1. The topological polar surface area (TPSA) is 25.8 Å². The first-order valence-electron chi connectivity index (χ1n) is 21.2. The molecule has 1 aliphatic carbocycles. The van der Waals surface area contributed by atoms with Gasteiger partial charge in [0.1, 0.15) is 0 Å². The zero-order valence-corrected chi connectivity index (χ0v) is 34.0. The van der Waals surface area contributed by atoms with Crippen LogP contribution >= 0.6 is 0 Å². The van der Waals surface area contributed by atoms with Gasteiger partial charge in [0, 0.05) is 22.1 Å². The Morgan fingerprint density at radius 3 is 1.75 bits per heavy atom. The Hall–Kier alpha value is -7.68. The lowest BCUT2D eigenvalue weighted by Gasteiger charge is -2.24. The number of fused-ring (bicyclic) bond motifs is 8. The van der Waals surface area contributed by atoms with Gasteiger partial charge in [0.05, 0.1) is 11.4 Å². The van der Waals surface area contributed by atoms with Crippen LogP contribution in [0.5, 0.6) is 0 Å². The molecule has 0 amide bonds. The third kappa shape index (κ3) is 5.56. The molecule has 0 bridgehead atoms. The Bertz CT molecular complexity index is 3540. The van der Waals surface area contributed by atoms with Gasteiger partial charge in [0.2, 0.25) is 0 Å². The molecule has 0 spiro atoms. The molecule has 0 unspecified atom stereocenters. The van der Waals surface area contributed by atoms with E-state index in [2.05, 4.69) is 214 Å². The highest BCUT2D eigenvalue weighted by Gasteiger charge is 2.37. The molecule has 0 aliphatic heterocycles. The summed E-state index contributed by atoms with van der Waals surface area (Å²) in [6.45, 7) is 4.67. The molecule has 0 radical (unpaired) electrons. The van der Waals surface area contributed by atoms with Gasteiger partial charge in [-0.3, -0.25) is 0 Å². The summed E-state index contributed by atoms with van der Waals surface area (Å²) in [5.41, 5.74) is 15.0. The molecule has 0 N–H and O–H groups in total. The van der Waals surface area contributed by atoms with E-state index in [0.29, 0.717) is 0 Å². The Morgan fingerprint density at radius 1 is 0.328 bits per heavy atom. The summed E-state index contributed by atoms with van der Waals surface area (Å²) in [6.07, 6.45) is 0. The summed E-state index contributed by atoms with van der Waals surface area (Å²) in [7, 11) is 0. The zero-order chi connectivity index (χ0) is 40.7. The van der Waals surface area contributed by atoms with Crippen LogP contribution < -0.4 is 0 Å². The van der Waals surface area contributed by atoms with Gasteiger partial charge in [-0.05, 0) is 99.7 Å². The van der Waals surface area contributed by atoms with Crippen LogP contribution in [0.15, 0.2) is 206 Å². The molecule has 0 saturated carbocycles. The van der Waals surface area contributed by atoms with Crippen LogP contribution in [0.2, 0.25) is 0 Å². The third-order valence-electron chi connectivity index (χ3n) is 13.1. The van der Waals surface area contributed by atoms with Crippen molar-refractivity contribution in [2.45, 2.75) is 19.3 Å². The van der Waals surface area contributed by atoms with Crippen LogP contribution in [0, 0.1) is 0 Å². The van der Waals surface area contributed by atoms with Crippen molar-refractivity contribution >= 4 is 43.1 Å². The molecule has 61 heavy (non-hydrogen) atoms. The second kappa shape index (κ2) is 13.7. The maximum Gasteiger partial charge on any atom is 0.160 e. The average molecular weight is 777 g/mol. The van der Waals surface area contributed by atoms with Gasteiger partial charge < -0.3 is 0 Å². The quantitative estimate of drug-likeness (QED) is 0.128. The van der Waals surface area contributed by atoms with Crippen LogP contribution in [0.25, 0.3) is 110 Å². The van der Waals surface area contributed by atoms with Crippen LogP contribution in [-0.4, -0.2) is 9.97 Å². The first kappa shape index (κ1) is 35.3. The molecule has 0 fully saturated rings. The summed E-state index contributed by atoms with van der Waals surface area (Å²) >= 11 is 0. The van der Waals surface area contributed by atoms with Crippen molar-refractivity contribution < 1.29 is 0 Å². The molecular weight excluding hydrogens is 737 g/mol. The van der Waals surface area contributed by atoms with Gasteiger partial charge in [0.25, 0.3) is 0 Å². The molecule has 1 heterocycles. The van der Waals surface area contributed by atoms with Crippen LogP contribution in [0.4, 0.5) is 0 Å². The van der Waals surface area contributed by atoms with E-state index in [1.165, 1.54) is 87.6 Å². The lowest BCUT2D eigenvalue weighted by Crippen LogP contribution is -2.16. The first-order valence-corrected chi connectivity index (χ1v) is 21.2. The highest BCUT2D eigenvalue weighted by atomic mass is 14.9. The maximum absolute atomic E-state index is 5.28. The molecule has 0 saturated heterocycles. The molecule has 1 aromatic heterocycles. The Labute approximate surface area is 355 Å². The fraction of sp³-hybridized carbons (Fsp3) is 0.0508. The monoisotopic (exact) mass is 776 g/mol. The standard InChI is InChI=1S/C59H40N2/c1-59(2)53-26-13-12-23-47(53)50-24-14-25-51(57(50)59)55-36-54(60-58(61-55)40-16-4-3-5-17-40)39-29-27-38(28-30-39)43-33-34-48(46-22-11-10-21-45(43)46)56-44-20-9-7-18-41(44)35-52-42-19-8-6-15-37(42)31-32-49(52)56/h3-36H,1-2H3. The molecule has 1 aliphatic rings. The van der Waals surface area contributed by atoms with E-state index in [1.54, 1.807) is 0 Å². The second-order valence-corrected chi connectivity index (χ2v) is 16.9. The normalized spacial score (nSPS) is 12.9. The average Bonchev–Trinajstić information content (AvgIpc) is 3.56. The maximum atomic E-state index is 5.28. The van der Waals surface area contributed by atoms with Crippen molar-refractivity contribution in [1.82, 2.24) is 9.97 Å². The highest BCUT2D eigenvalue weighted by Crippen LogP contribution is 2.52. The van der Waals surface area contributed by atoms with E-state index in [4.69, 9.17) is 9.97 Å². The van der Waals surface area contributed by atoms with Gasteiger partial charge >= 0.3 is 0 Å².